The van der Waals surface area contributed by atoms with E-state index < -0.39 is 0 Å². The van der Waals surface area contributed by atoms with Crippen LogP contribution in [0.1, 0.15) is 32.1 Å². The number of carbonyl (C=O) groups excluding carboxylic acids is 1. The van der Waals surface area contributed by atoms with Crippen LogP contribution >= 0.6 is 22.6 Å². The summed E-state index contributed by atoms with van der Waals surface area (Å²) in [6, 6.07) is 0. The van der Waals surface area contributed by atoms with Crippen molar-refractivity contribution in [2.75, 3.05) is 4.43 Å². The quantitative estimate of drug-likeness (QED) is 0.557. The third-order valence-electron chi connectivity index (χ3n) is 2.12. The third-order valence-corrected chi connectivity index (χ3v) is 2.88. The summed E-state index contributed by atoms with van der Waals surface area (Å²) in [6.45, 7) is 0. The predicted molar refractivity (Wildman–Crippen MR) is 50.5 cm³/mol. The molecule has 1 aliphatic carbocycles. The third kappa shape index (κ3) is 2.22. The zero-order chi connectivity index (χ0) is 7.40. The minimum absolute atomic E-state index is 0.440. The molecule has 1 rings (SSSR count). The molecule has 0 spiro atoms. The summed E-state index contributed by atoms with van der Waals surface area (Å²) < 4.78 is 1.20. The number of rotatable bonds is 3. The number of halogens is 1. The summed E-state index contributed by atoms with van der Waals surface area (Å²) in [5, 5.41) is 0. The van der Waals surface area contributed by atoms with Crippen LogP contribution in [0.25, 0.3) is 0 Å². The minimum atomic E-state index is 0.440. The summed E-state index contributed by atoms with van der Waals surface area (Å²) in [4.78, 5) is 11.1. The van der Waals surface area contributed by atoms with Crippen LogP contribution < -0.4 is 0 Å². The number of carbonyl (C=O) groups is 1. The van der Waals surface area contributed by atoms with Gasteiger partial charge in [-0.05, 0) is 30.1 Å². The van der Waals surface area contributed by atoms with Gasteiger partial charge in [0.1, 0.15) is 5.78 Å². The number of hydrogen-bond donors (Lipinski definition) is 0. The van der Waals surface area contributed by atoms with Gasteiger partial charge in [0.15, 0.2) is 0 Å². The van der Waals surface area contributed by atoms with E-state index in [1.54, 1.807) is 0 Å². The van der Waals surface area contributed by atoms with Crippen molar-refractivity contribution in [3.05, 3.63) is 0 Å². The predicted octanol–water partition coefficient (Wildman–Crippen LogP) is 2.57. The number of ketones is 1. The van der Waals surface area contributed by atoms with Gasteiger partial charge in [0.25, 0.3) is 0 Å². The normalized spacial score (nSPS) is 25.7. The molecular weight excluding hydrogens is 239 g/mol. The average molecular weight is 252 g/mol. The van der Waals surface area contributed by atoms with Crippen LogP contribution in [0.15, 0.2) is 0 Å². The van der Waals surface area contributed by atoms with Gasteiger partial charge < -0.3 is 0 Å². The SMILES string of the molecule is O=C1CCCC1CCCI. The second kappa shape index (κ2) is 4.31. The van der Waals surface area contributed by atoms with E-state index in [9.17, 15) is 4.79 Å². The highest BCUT2D eigenvalue weighted by atomic mass is 127. The van der Waals surface area contributed by atoms with E-state index in [1.807, 2.05) is 0 Å². The molecule has 0 bridgehead atoms. The Morgan fingerprint density at radius 2 is 2.40 bits per heavy atom. The van der Waals surface area contributed by atoms with E-state index >= 15 is 0 Å². The molecule has 0 heterocycles. The van der Waals surface area contributed by atoms with Gasteiger partial charge in [-0.2, -0.15) is 0 Å². The Kier molecular flexibility index (Phi) is 3.66. The highest BCUT2D eigenvalue weighted by Crippen LogP contribution is 2.25. The van der Waals surface area contributed by atoms with Gasteiger partial charge in [-0.1, -0.05) is 22.6 Å². The first kappa shape index (κ1) is 8.50. The summed E-state index contributed by atoms with van der Waals surface area (Å²) in [6.07, 6.45) is 5.52. The second-order valence-corrected chi connectivity index (χ2v) is 3.97. The van der Waals surface area contributed by atoms with Crippen molar-refractivity contribution in [1.29, 1.82) is 0 Å². The number of alkyl halides is 1. The van der Waals surface area contributed by atoms with E-state index in [0.717, 1.165) is 25.7 Å². The molecule has 1 aliphatic rings. The van der Waals surface area contributed by atoms with Gasteiger partial charge >= 0.3 is 0 Å². The maximum absolute atomic E-state index is 11.1. The molecule has 0 aromatic rings. The van der Waals surface area contributed by atoms with Gasteiger partial charge in [-0.15, -0.1) is 0 Å². The zero-order valence-electron chi connectivity index (χ0n) is 6.11. The molecule has 0 amide bonds. The van der Waals surface area contributed by atoms with Crippen LogP contribution in [0.3, 0.4) is 0 Å². The molecule has 2 heteroatoms. The van der Waals surface area contributed by atoms with Gasteiger partial charge in [-0.25, -0.2) is 0 Å². The van der Waals surface area contributed by atoms with Crippen LogP contribution in [-0.2, 0) is 4.79 Å². The van der Waals surface area contributed by atoms with E-state index in [1.165, 1.54) is 10.8 Å². The molecule has 58 valence electrons. The van der Waals surface area contributed by atoms with Gasteiger partial charge in [0, 0.05) is 12.3 Å². The molecule has 1 nitrogen and oxygen atoms in total. The van der Waals surface area contributed by atoms with E-state index in [2.05, 4.69) is 22.6 Å². The Morgan fingerprint density at radius 1 is 1.60 bits per heavy atom. The maximum Gasteiger partial charge on any atom is 0.135 e. The Labute approximate surface area is 75.7 Å². The zero-order valence-corrected chi connectivity index (χ0v) is 8.26. The van der Waals surface area contributed by atoms with Crippen molar-refractivity contribution in [2.45, 2.75) is 32.1 Å². The molecule has 0 aromatic carbocycles. The Bertz CT molecular complexity index is 122. The second-order valence-electron chi connectivity index (χ2n) is 2.89. The first-order valence-electron chi connectivity index (χ1n) is 3.93. The summed E-state index contributed by atoms with van der Waals surface area (Å²) in [5.41, 5.74) is 0. The topological polar surface area (TPSA) is 17.1 Å². The summed E-state index contributed by atoms with van der Waals surface area (Å²) in [5.74, 6) is 0.958. The number of Topliss-reactive ketones (excluding diaryl/α,β-unsaturated/α-hetero) is 1. The van der Waals surface area contributed by atoms with Gasteiger partial charge in [0.2, 0.25) is 0 Å². The summed E-state index contributed by atoms with van der Waals surface area (Å²) in [7, 11) is 0. The maximum atomic E-state index is 11.1. The van der Waals surface area contributed by atoms with Crippen molar-refractivity contribution in [3.63, 3.8) is 0 Å². The molecule has 1 atom stereocenters. The lowest BCUT2D eigenvalue weighted by molar-refractivity contribution is -0.120. The van der Waals surface area contributed by atoms with Crippen LogP contribution in [0.2, 0.25) is 0 Å². The van der Waals surface area contributed by atoms with Crippen LogP contribution in [0.5, 0.6) is 0 Å². The first-order valence-corrected chi connectivity index (χ1v) is 5.46. The van der Waals surface area contributed by atoms with Crippen molar-refractivity contribution in [3.8, 4) is 0 Å². The Hall–Kier alpha value is 0.400. The Balaban J connectivity index is 2.20. The summed E-state index contributed by atoms with van der Waals surface area (Å²) >= 11 is 2.37. The molecule has 0 aromatic heterocycles. The molecule has 10 heavy (non-hydrogen) atoms. The molecule has 1 saturated carbocycles. The minimum Gasteiger partial charge on any atom is -0.299 e. The highest BCUT2D eigenvalue weighted by molar-refractivity contribution is 14.1. The fraction of sp³-hybridized carbons (Fsp3) is 0.875. The molecule has 0 aliphatic heterocycles. The fourth-order valence-corrected chi connectivity index (χ4v) is 1.96. The lowest BCUT2D eigenvalue weighted by atomic mass is 10.0. The van der Waals surface area contributed by atoms with Crippen LogP contribution in [-0.4, -0.2) is 10.2 Å². The van der Waals surface area contributed by atoms with Crippen molar-refractivity contribution < 1.29 is 4.79 Å². The molecule has 0 saturated heterocycles. The monoisotopic (exact) mass is 252 g/mol. The van der Waals surface area contributed by atoms with E-state index in [-0.39, 0.29) is 0 Å². The molecule has 0 radical (unpaired) electrons. The van der Waals surface area contributed by atoms with Crippen molar-refractivity contribution in [2.24, 2.45) is 5.92 Å². The standard InChI is InChI=1S/C8H13IO/c9-6-2-4-7-3-1-5-8(7)10/h7H,1-6H2. The van der Waals surface area contributed by atoms with Gasteiger partial charge in [0.05, 0.1) is 0 Å². The van der Waals surface area contributed by atoms with Crippen LogP contribution in [0.4, 0.5) is 0 Å². The van der Waals surface area contributed by atoms with Crippen molar-refractivity contribution >= 4 is 28.4 Å². The lowest BCUT2D eigenvalue weighted by Crippen LogP contribution is -2.05. The average Bonchev–Trinajstić information content (AvgIpc) is 2.31. The van der Waals surface area contributed by atoms with Crippen molar-refractivity contribution in [1.82, 2.24) is 0 Å². The van der Waals surface area contributed by atoms with Gasteiger partial charge in [-0.3, -0.25) is 4.79 Å². The molecular formula is C8H13IO. The highest BCUT2D eigenvalue weighted by Gasteiger charge is 2.22. The van der Waals surface area contributed by atoms with Crippen LogP contribution in [0, 0.1) is 5.92 Å². The fourth-order valence-electron chi connectivity index (χ4n) is 1.52. The number of hydrogen-bond acceptors (Lipinski definition) is 1. The molecule has 1 unspecified atom stereocenters. The van der Waals surface area contributed by atoms with E-state index in [0.29, 0.717) is 11.7 Å². The Morgan fingerprint density at radius 3 is 2.90 bits per heavy atom. The van der Waals surface area contributed by atoms with E-state index in [4.69, 9.17) is 0 Å². The molecule has 0 N–H and O–H groups in total. The first-order chi connectivity index (χ1) is 4.84. The smallest absolute Gasteiger partial charge is 0.135 e. The largest absolute Gasteiger partial charge is 0.299 e. The molecule has 1 fully saturated rings. The lowest BCUT2D eigenvalue weighted by Gasteiger charge is -2.03.